The fourth-order valence-corrected chi connectivity index (χ4v) is 3.68. The van der Waals surface area contributed by atoms with Crippen molar-refractivity contribution in [3.05, 3.63) is 24.3 Å². The van der Waals surface area contributed by atoms with Gasteiger partial charge in [-0.2, -0.15) is 0 Å². The standard InChI is InChI=1S/C14H23NO2S2/c1-4-6-13(15)14(5-2)18-11-7-9-12(10-8-11)19(3,16)17/h7-10,13-14H,4-6,15H2,1-3H3. The van der Waals surface area contributed by atoms with E-state index < -0.39 is 9.84 Å². The molecular weight excluding hydrogens is 278 g/mol. The highest BCUT2D eigenvalue weighted by Crippen LogP contribution is 2.29. The van der Waals surface area contributed by atoms with E-state index >= 15 is 0 Å². The minimum Gasteiger partial charge on any atom is -0.327 e. The average Bonchev–Trinajstić information content (AvgIpc) is 2.35. The second-order valence-electron chi connectivity index (χ2n) is 4.76. The van der Waals surface area contributed by atoms with Gasteiger partial charge in [0.25, 0.3) is 0 Å². The summed E-state index contributed by atoms with van der Waals surface area (Å²) >= 11 is 1.74. The molecule has 0 aliphatic carbocycles. The molecule has 0 amide bonds. The van der Waals surface area contributed by atoms with E-state index in [-0.39, 0.29) is 6.04 Å². The molecule has 0 spiro atoms. The molecule has 0 aliphatic heterocycles. The third-order valence-corrected chi connectivity index (χ3v) is 5.70. The largest absolute Gasteiger partial charge is 0.327 e. The molecule has 1 rings (SSSR count). The lowest BCUT2D eigenvalue weighted by Crippen LogP contribution is -2.31. The van der Waals surface area contributed by atoms with E-state index in [1.54, 1.807) is 23.9 Å². The molecule has 0 aromatic heterocycles. The van der Waals surface area contributed by atoms with Crippen molar-refractivity contribution in [1.29, 1.82) is 0 Å². The van der Waals surface area contributed by atoms with Gasteiger partial charge in [0.1, 0.15) is 0 Å². The van der Waals surface area contributed by atoms with Gasteiger partial charge in [-0.15, -0.1) is 11.8 Å². The zero-order chi connectivity index (χ0) is 14.5. The summed E-state index contributed by atoms with van der Waals surface area (Å²) in [6, 6.07) is 7.24. The van der Waals surface area contributed by atoms with Gasteiger partial charge in [-0.25, -0.2) is 8.42 Å². The molecule has 0 aliphatic rings. The summed E-state index contributed by atoms with van der Waals surface area (Å²) in [6.07, 6.45) is 4.35. The minimum absolute atomic E-state index is 0.189. The maximum atomic E-state index is 11.4. The van der Waals surface area contributed by atoms with Gasteiger partial charge in [0, 0.05) is 22.4 Å². The van der Waals surface area contributed by atoms with Crippen LogP contribution >= 0.6 is 11.8 Å². The van der Waals surface area contributed by atoms with Gasteiger partial charge in [0.05, 0.1) is 4.90 Å². The Morgan fingerprint density at radius 1 is 1.21 bits per heavy atom. The fraction of sp³-hybridized carbons (Fsp3) is 0.571. The highest BCUT2D eigenvalue weighted by atomic mass is 32.2. The SMILES string of the molecule is CCCC(N)C(CC)Sc1ccc(S(C)(=O)=O)cc1. The van der Waals surface area contributed by atoms with Crippen LogP contribution in [0, 0.1) is 0 Å². The van der Waals surface area contributed by atoms with Crippen LogP contribution in [-0.4, -0.2) is 26.0 Å². The van der Waals surface area contributed by atoms with Crippen LogP contribution in [0.1, 0.15) is 33.1 Å². The van der Waals surface area contributed by atoms with Crippen molar-refractivity contribution < 1.29 is 8.42 Å². The Morgan fingerprint density at radius 3 is 2.21 bits per heavy atom. The molecule has 2 N–H and O–H groups in total. The van der Waals surface area contributed by atoms with Crippen LogP contribution in [0.5, 0.6) is 0 Å². The van der Waals surface area contributed by atoms with E-state index in [0.717, 1.165) is 24.2 Å². The van der Waals surface area contributed by atoms with Crippen molar-refractivity contribution in [3.63, 3.8) is 0 Å². The van der Waals surface area contributed by atoms with Gasteiger partial charge in [0.2, 0.25) is 0 Å². The average molecular weight is 301 g/mol. The Balaban J connectivity index is 2.76. The van der Waals surface area contributed by atoms with Crippen LogP contribution in [0.15, 0.2) is 34.1 Å². The smallest absolute Gasteiger partial charge is 0.175 e. The quantitative estimate of drug-likeness (QED) is 0.786. The molecule has 0 heterocycles. The van der Waals surface area contributed by atoms with E-state index in [9.17, 15) is 8.42 Å². The van der Waals surface area contributed by atoms with Crippen LogP contribution in [0.25, 0.3) is 0 Å². The number of rotatable bonds is 7. The van der Waals surface area contributed by atoms with Gasteiger partial charge >= 0.3 is 0 Å². The van der Waals surface area contributed by atoms with Crippen molar-refractivity contribution in [3.8, 4) is 0 Å². The molecule has 0 bridgehead atoms. The van der Waals surface area contributed by atoms with Crippen molar-refractivity contribution in [2.24, 2.45) is 5.73 Å². The van der Waals surface area contributed by atoms with E-state index in [0.29, 0.717) is 10.1 Å². The number of benzene rings is 1. The highest BCUT2D eigenvalue weighted by Gasteiger charge is 2.16. The first-order valence-electron chi connectivity index (χ1n) is 6.60. The van der Waals surface area contributed by atoms with Crippen molar-refractivity contribution >= 4 is 21.6 Å². The molecule has 0 saturated heterocycles. The number of hydrogen-bond acceptors (Lipinski definition) is 4. The van der Waals surface area contributed by atoms with Gasteiger partial charge < -0.3 is 5.73 Å². The Labute approximate surface area is 120 Å². The van der Waals surface area contributed by atoms with Gasteiger partial charge in [-0.05, 0) is 37.1 Å². The predicted octanol–water partition coefficient (Wildman–Crippen LogP) is 3.09. The molecule has 5 heteroatoms. The number of thioether (sulfide) groups is 1. The molecule has 0 fully saturated rings. The Morgan fingerprint density at radius 2 is 1.79 bits per heavy atom. The summed E-state index contributed by atoms with van der Waals surface area (Å²) in [5.74, 6) is 0. The van der Waals surface area contributed by atoms with Crippen molar-refractivity contribution in [1.82, 2.24) is 0 Å². The normalized spacial score (nSPS) is 15.2. The van der Waals surface area contributed by atoms with Crippen LogP contribution in [0.2, 0.25) is 0 Å². The summed E-state index contributed by atoms with van der Waals surface area (Å²) in [4.78, 5) is 1.44. The summed E-state index contributed by atoms with van der Waals surface area (Å²) in [5.41, 5.74) is 6.17. The number of nitrogens with two attached hydrogens (primary N) is 1. The second-order valence-corrected chi connectivity index (χ2v) is 8.09. The van der Waals surface area contributed by atoms with E-state index in [4.69, 9.17) is 5.73 Å². The van der Waals surface area contributed by atoms with Crippen LogP contribution in [-0.2, 0) is 9.84 Å². The van der Waals surface area contributed by atoms with Crippen LogP contribution in [0.4, 0.5) is 0 Å². The maximum absolute atomic E-state index is 11.4. The molecule has 2 unspecified atom stereocenters. The van der Waals surface area contributed by atoms with Crippen LogP contribution in [0.3, 0.4) is 0 Å². The molecule has 108 valence electrons. The van der Waals surface area contributed by atoms with E-state index in [1.807, 2.05) is 12.1 Å². The molecule has 2 atom stereocenters. The molecule has 3 nitrogen and oxygen atoms in total. The molecule has 0 saturated carbocycles. The van der Waals surface area contributed by atoms with Crippen molar-refractivity contribution in [2.45, 2.75) is 54.2 Å². The molecule has 0 radical (unpaired) electrons. The minimum atomic E-state index is -3.11. The lowest BCUT2D eigenvalue weighted by molar-refractivity contribution is 0.566. The third-order valence-electron chi connectivity index (χ3n) is 3.04. The zero-order valence-electron chi connectivity index (χ0n) is 11.8. The topological polar surface area (TPSA) is 60.2 Å². The fourth-order valence-electron chi connectivity index (χ4n) is 1.93. The molecular formula is C14H23NO2S2. The van der Waals surface area contributed by atoms with E-state index in [1.165, 1.54) is 6.26 Å². The summed E-state index contributed by atoms with van der Waals surface area (Å²) < 4.78 is 22.8. The first-order valence-corrected chi connectivity index (χ1v) is 9.38. The zero-order valence-corrected chi connectivity index (χ0v) is 13.4. The van der Waals surface area contributed by atoms with Crippen molar-refractivity contribution in [2.75, 3.05) is 6.26 Å². The highest BCUT2D eigenvalue weighted by molar-refractivity contribution is 8.00. The maximum Gasteiger partial charge on any atom is 0.175 e. The lowest BCUT2D eigenvalue weighted by Gasteiger charge is -2.21. The second kappa shape index (κ2) is 7.31. The van der Waals surface area contributed by atoms with Crippen LogP contribution < -0.4 is 5.73 Å². The first-order chi connectivity index (χ1) is 8.88. The monoisotopic (exact) mass is 301 g/mol. The first kappa shape index (κ1) is 16.5. The summed E-state index contributed by atoms with van der Waals surface area (Å²) in [5, 5.41) is 0.379. The van der Waals surface area contributed by atoms with Gasteiger partial charge in [-0.3, -0.25) is 0 Å². The third kappa shape index (κ3) is 5.16. The molecule has 1 aromatic carbocycles. The summed E-state index contributed by atoms with van der Waals surface area (Å²) in [6.45, 7) is 4.27. The van der Waals surface area contributed by atoms with Gasteiger partial charge in [0.15, 0.2) is 9.84 Å². The Bertz CT molecular complexity index is 483. The Kier molecular flexibility index (Phi) is 6.36. The molecule has 1 aromatic rings. The lowest BCUT2D eigenvalue weighted by atomic mass is 10.1. The molecule has 19 heavy (non-hydrogen) atoms. The number of hydrogen-bond donors (Lipinski definition) is 1. The van der Waals surface area contributed by atoms with Gasteiger partial charge in [-0.1, -0.05) is 20.3 Å². The predicted molar refractivity (Wildman–Crippen MR) is 82.4 cm³/mol. The number of sulfone groups is 1. The van der Waals surface area contributed by atoms with E-state index in [2.05, 4.69) is 13.8 Å². The Hall–Kier alpha value is -0.520. The summed E-state index contributed by atoms with van der Waals surface area (Å²) in [7, 11) is -3.11.